The number of nitriles is 1. The van der Waals surface area contributed by atoms with E-state index in [4.69, 9.17) is 0 Å². The molecule has 1 N–H and O–H groups in total. The number of allylic oxidation sites excluding steroid dienone is 2. The van der Waals surface area contributed by atoms with E-state index >= 15 is 0 Å². The van der Waals surface area contributed by atoms with Gasteiger partial charge >= 0.3 is 0 Å². The normalized spacial score (nSPS) is 11.8. The Morgan fingerprint density at radius 1 is 1.21 bits per heavy atom. The van der Waals surface area contributed by atoms with Crippen molar-refractivity contribution in [3.63, 3.8) is 0 Å². The van der Waals surface area contributed by atoms with Gasteiger partial charge in [0, 0.05) is 11.1 Å². The van der Waals surface area contributed by atoms with Gasteiger partial charge < -0.3 is 5.11 Å². The van der Waals surface area contributed by atoms with E-state index in [0.29, 0.717) is 15.6 Å². The van der Waals surface area contributed by atoms with Crippen molar-refractivity contribution >= 4 is 27.0 Å². The zero-order valence-electron chi connectivity index (χ0n) is 12.4. The van der Waals surface area contributed by atoms with E-state index in [9.17, 15) is 19.6 Å². The van der Waals surface area contributed by atoms with Gasteiger partial charge in [0.2, 0.25) is 0 Å². The molecular formula is C18H11FN2O2S. The molecule has 0 aliphatic heterocycles. The van der Waals surface area contributed by atoms with E-state index in [1.54, 1.807) is 24.3 Å². The van der Waals surface area contributed by atoms with Gasteiger partial charge in [-0.1, -0.05) is 24.3 Å². The number of aliphatic hydroxyl groups is 1. The largest absolute Gasteiger partial charge is 0.510 e. The van der Waals surface area contributed by atoms with Gasteiger partial charge in [0.15, 0.2) is 0 Å². The topological polar surface area (TPSA) is 74.0 Å². The summed E-state index contributed by atoms with van der Waals surface area (Å²) in [5.74, 6) is -0.584. The number of benzene rings is 2. The Balaban J connectivity index is 2.06. The van der Waals surface area contributed by atoms with Gasteiger partial charge in [0.05, 0.1) is 5.39 Å². The van der Waals surface area contributed by atoms with Crippen LogP contribution < -0.4 is 5.56 Å². The third-order valence-electron chi connectivity index (χ3n) is 3.43. The third-order valence-corrected chi connectivity index (χ3v) is 4.49. The van der Waals surface area contributed by atoms with Crippen LogP contribution in [-0.2, 0) is 6.42 Å². The van der Waals surface area contributed by atoms with E-state index in [2.05, 4.69) is 4.98 Å². The molecule has 0 aliphatic carbocycles. The molecule has 0 saturated heterocycles. The Morgan fingerprint density at radius 3 is 2.62 bits per heavy atom. The molecule has 118 valence electrons. The lowest BCUT2D eigenvalue weighted by Crippen LogP contribution is -2.08. The SMILES string of the molecule is N#C/C(=C(/O)Cc1ccc(F)cc1)c1nc(=O)c2ccccc2s1. The number of rotatable bonds is 3. The fourth-order valence-electron chi connectivity index (χ4n) is 2.24. The highest BCUT2D eigenvalue weighted by Gasteiger charge is 2.14. The molecule has 0 amide bonds. The Morgan fingerprint density at radius 2 is 1.92 bits per heavy atom. The predicted octanol–water partition coefficient (Wildman–Crippen LogP) is 3.83. The summed E-state index contributed by atoms with van der Waals surface area (Å²) >= 11 is 1.16. The van der Waals surface area contributed by atoms with Gasteiger partial charge in [-0.15, -0.1) is 11.3 Å². The van der Waals surface area contributed by atoms with Crippen molar-refractivity contribution in [2.24, 2.45) is 0 Å². The second-order valence-electron chi connectivity index (χ2n) is 5.06. The standard InChI is InChI=1S/C18H11FN2O2S/c19-12-7-5-11(6-8-12)9-15(22)14(10-20)18-21-17(23)13-3-1-2-4-16(13)24-18/h1-8,22H,9H2/b15-14-. The highest BCUT2D eigenvalue weighted by atomic mass is 32.1. The first-order chi connectivity index (χ1) is 11.6. The summed E-state index contributed by atoms with van der Waals surface area (Å²) in [5, 5.41) is 20.3. The number of hydrogen-bond acceptors (Lipinski definition) is 5. The minimum atomic E-state index is -0.443. The van der Waals surface area contributed by atoms with Crippen LogP contribution in [-0.4, -0.2) is 10.1 Å². The molecule has 4 nitrogen and oxygen atoms in total. The Kier molecular flexibility index (Phi) is 4.36. The molecule has 0 unspecified atom stereocenters. The zero-order valence-corrected chi connectivity index (χ0v) is 13.2. The summed E-state index contributed by atoms with van der Waals surface area (Å²) < 4.78 is 13.6. The average Bonchev–Trinajstić information content (AvgIpc) is 2.58. The highest BCUT2D eigenvalue weighted by Crippen LogP contribution is 2.25. The summed E-state index contributed by atoms with van der Waals surface area (Å²) in [4.78, 5) is 16.0. The van der Waals surface area contributed by atoms with Crippen molar-refractivity contribution in [3.05, 3.63) is 81.0 Å². The van der Waals surface area contributed by atoms with Crippen LogP contribution in [0, 0.1) is 17.1 Å². The van der Waals surface area contributed by atoms with Gasteiger partial charge in [0.1, 0.15) is 28.2 Å². The van der Waals surface area contributed by atoms with Crippen molar-refractivity contribution in [2.75, 3.05) is 0 Å². The second kappa shape index (κ2) is 6.60. The smallest absolute Gasteiger partial charge is 0.279 e. The zero-order chi connectivity index (χ0) is 17.1. The highest BCUT2D eigenvalue weighted by molar-refractivity contribution is 7.19. The summed E-state index contributed by atoms with van der Waals surface area (Å²) in [6, 6.07) is 14.5. The Labute approximate surface area is 140 Å². The van der Waals surface area contributed by atoms with Crippen LogP contribution in [0.4, 0.5) is 4.39 Å². The van der Waals surface area contributed by atoms with E-state index < -0.39 is 5.56 Å². The van der Waals surface area contributed by atoms with Crippen molar-refractivity contribution in [1.29, 1.82) is 5.26 Å². The number of aromatic nitrogens is 1. The molecule has 0 aliphatic rings. The Bertz CT molecular complexity index is 1030. The number of hydrogen-bond donors (Lipinski definition) is 1. The van der Waals surface area contributed by atoms with Gasteiger partial charge in [-0.25, -0.2) is 4.39 Å². The Hall–Kier alpha value is -3.04. The lowest BCUT2D eigenvalue weighted by Gasteiger charge is -2.05. The molecule has 24 heavy (non-hydrogen) atoms. The number of halogens is 1. The first kappa shape index (κ1) is 15.8. The lowest BCUT2D eigenvalue weighted by molar-refractivity contribution is 0.402. The minimum Gasteiger partial charge on any atom is -0.510 e. The van der Waals surface area contributed by atoms with Crippen molar-refractivity contribution < 1.29 is 9.50 Å². The van der Waals surface area contributed by atoms with Crippen LogP contribution in [0.2, 0.25) is 0 Å². The van der Waals surface area contributed by atoms with Crippen molar-refractivity contribution in [2.45, 2.75) is 6.42 Å². The molecule has 2 aromatic carbocycles. The molecule has 0 saturated carbocycles. The molecule has 0 fully saturated rings. The molecule has 0 bridgehead atoms. The lowest BCUT2D eigenvalue weighted by atomic mass is 10.1. The predicted molar refractivity (Wildman–Crippen MR) is 91.2 cm³/mol. The van der Waals surface area contributed by atoms with E-state index in [-0.39, 0.29) is 28.6 Å². The molecule has 3 rings (SSSR count). The second-order valence-corrected chi connectivity index (χ2v) is 6.09. The van der Waals surface area contributed by atoms with Gasteiger partial charge in [-0.05, 0) is 29.8 Å². The summed E-state index contributed by atoms with van der Waals surface area (Å²) in [5.41, 5.74) is 0.156. The van der Waals surface area contributed by atoms with Crippen LogP contribution in [0.5, 0.6) is 0 Å². The monoisotopic (exact) mass is 338 g/mol. The van der Waals surface area contributed by atoms with Crippen molar-refractivity contribution in [1.82, 2.24) is 4.98 Å². The van der Waals surface area contributed by atoms with Crippen LogP contribution in [0.15, 0.2) is 59.1 Å². The summed E-state index contributed by atoms with van der Waals surface area (Å²) in [6.45, 7) is 0. The number of aliphatic hydroxyl groups excluding tert-OH is 1. The molecule has 0 radical (unpaired) electrons. The molecule has 0 spiro atoms. The van der Waals surface area contributed by atoms with Crippen molar-refractivity contribution in [3.8, 4) is 6.07 Å². The van der Waals surface area contributed by atoms with Gasteiger partial charge in [-0.3, -0.25) is 4.79 Å². The molecule has 1 aromatic heterocycles. The minimum absolute atomic E-state index is 0.0489. The maximum atomic E-state index is 12.9. The fourth-order valence-corrected chi connectivity index (χ4v) is 3.25. The first-order valence-electron chi connectivity index (χ1n) is 7.05. The van der Waals surface area contributed by atoms with Crippen LogP contribution in [0.3, 0.4) is 0 Å². The van der Waals surface area contributed by atoms with Crippen LogP contribution in [0.25, 0.3) is 15.7 Å². The maximum absolute atomic E-state index is 12.9. The molecule has 6 heteroatoms. The number of nitrogens with zero attached hydrogens (tertiary/aromatic N) is 2. The van der Waals surface area contributed by atoms with Crippen LogP contribution in [0.1, 0.15) is 10.6 Å². The van der Waals surface area contributed by atoms with E-state index in [0.717, 1.165) is 11.3 Å². The maximum Gasteiger partial charge on any atom is 0.279 e. The molecule has 3 aromatic rings. The molecule has 0 atom stereocenters. The third kappa shape index (κ3) is 3.16. The fraction of sp³-hybridized carbons (Fsp3) is 0.0556. The van der Waals surface area contributed by atoms with Gasteiger partial charge in [0.25, 0.3) is 5.56 Å². The van der Waals surface area contributed by atoms with E-state index in [1.165, 1.54) is 24.3 Å². The van der Waals surface area contributed by atoms with E-state index in [1.807, 2.05) is 6.07 Å². The molecular weight excluding hydrogens is 327 g/mol. The van der Waals surface area contributed by atoms with Crippen LogP contribution >= 0.6 is 11.3 Å². The van der Waals surface area contributed by atoms with Gasteiger partial charge in [-0.2, -0.15) is 10.2 Å². The average molecular weight is 338 g/mol. The quantitative estimate of drug-likeness (QED) is 0.582. The summed E-state index contributed by atoms with van der Waals surface area (Å²) in [6.07, 6.45) is 0.0542. The first-order valence-corrected chi connectivity index (χ1v) is 7.87. The number of fused-ring (bicyclic) bond motifs is 1. The summed E-state index contributed by atoms with van der Waals surface area (Å²) in [7, 11) is 0. The molecule has 1 heterocycles.